The zero-order valence-corrected chi connectivity index (χ0v) is 18.4. The molecule has 3 N–H and O–H groups in total. The fourth-order valence-corrected chi connectivity index (χ4v) is 4.38. The molecule has 4 rings (SSSR count). The Hall–Kier alpha value is -3.77. The highest BCUT2D eigenvalue weighted by Gasteiger charge is 2.17. The molecule has 32 heavy (non-hydrogen) atoms. The number of carbonyl (C=O) groups is 1. The smallest absolute Gasteiger partial charge is 0.243 e. The lowest BCUT2D eigenvalue weighted by Crippen LogP contribution is -2.21. The Kier molecular flexibility index (Phi) is 6.42. The number of rotatable bonds is 7. The van der Waals surface area contributed by atoms with Gasteiger partial charge in [0.1, 0.15) is 17.2 Å². The maximum absolute atomic E-state index is 11.7. The molecule has 0 saturated heterocycles. The van der Waals surface area contributed by atoms with Crippen molar-refractivity contribution in [2.24, 2.45) is 0 Å². The van der Waals surface area contributed by atoms with Gasteiger partial charge in [-0.05, 0) is 78.2 Å². The second-order valence-corrected chi connectivity index (χ2v) is 8.34. The van der Waals surface area contributed by atoms with Crippen LogP contribution < -0.4 is 10.1 Å². The van der Waals surface area contributed by atoms with Gasteiger partial charge in [-0.2, -0.15) is 0 Å². The molecular weight excluding hydrogens is 422 g/mol. The van der Waals surface area contributed by atoms with E-state index in [9.17, 15) is 15.0 Å². The van der Waals surface area contributed by atoms with Crippen molar-refractivity contribution in [2.75, 3.05) is 6.54 Å². The highest BCUT2D eigenvalue weighted by atomic mass is 32.1. The summed E-state index contributed by atoms with van der Waals surface area (Å²) in [5.41, 5.74) is 1.80. The maximum atomic E-state index is 11.7. The van der Waals surface area contributed by atoms with Gasteiger partial charge in [-0.3, -0.25) is 4.79 Å². The first-order valence-corrected chi connectivity index (χ1v) is 11.1. The van der Waals surface area contributed by atoms with E-state index in [0.717, 1.165) is 32.5 Å². The monoisotopic (exact) mass is 445 g/mol. The summed E-state index contributed by atoms with van der Waals surface area (Å²) in [6.07, 6.45) is 4.18. The second-order valence-electron chi connectivity index (χ2n) is 7.28. The highest BCUT2D eigenvalue weighted by molar-refractivity contribution is 7.22. The van der Waals surface area contributed by atoms with E-state index in [-0.39, 0.29) is 17.4 Å². The molecule has 0 aliphatic rings. The summed E-state index contributed by atoms with van der Waals surface area (Å²) in [5, 5.41) is 23.2. The Morgan fingerprint density at radius 1 is 1.00 bits per heavy atom. The van der Waals surface area contributed by atoms with E-state index in [1.165, 1.54) is 17.4 Å². The molecule has 1 amide bonds. The first-order valence-electron chi connectivity index (χ1n) is 10.3. The van der Waals surface area contributed by atoms with Crippen molar-refractivity contribution >= 4 is 33.4 Å². The van der Waals surface area contributed by atoms with Crippen LogP contribution in [0, 0.1) is 0 Å². The van der Waals surface area contributed by atoms with Crippen LogP contribution >= 0.6 is 11.3 Å². The lowest BCUT2D eigenvalue weighted by Gasteiger charge is -2.09. The molecule has 0 atom stereocenters. The maximum Gasteiger partial charge on any atom is 0.243 e. The molecule has 162 valence electrons. The number of ether oxygens (including phenoxy) is 1. The first kappa shape index (κ1) is 21.5. The SMILES string of the molecule is CCCNC(=O)/C=C/c1ccc(Oc2c(-c3ccc(O)cc3)sc3cc(O)ccc23)cc1. The number of phenols is 2. The molecular formula is C26H23NO4S. The van der Waals surface area contributed by atoms with Gasteiger partial charge in [-0.15, -0.1) is 11.3 Å². The number of thiophene rings is 1. The van der Waals surface area contributed by atoms with Crippen molar-refractivity contribution in [1.82, 2.24) is 5.32 Å². The van der Waals surface area contributed by atoms with E-state index >= 15 is 0 Å². The zero-order chi connectivity index (χ0) is 22.5. The molecule has 0 bridgehead atoms. The molecule has 6 heteroatoms. The average Bonchev–Trinajstić information content (AvgIpc) is 3.14. The van der Waals surface area contributed by atoms with E-state index in [1.54, 1.807) is 30.3 Å². The van der Waals surface area contributed by atoms with E-state index in [4.69, 9.17) is 4.74 Å². The predicted octanol–water partition coefficient (Wildman–Crippen LogP) is 6.31. The van der Waals surface area contributed by atoms with Gasteiger partial charge in [0, 0.05) is 22.7 Å². The van der Waals surface area contributed by atoms with Crippen molar-refractivity contribution in [3.8, 4) is 33.4 Å². The molecule has 0 radical (unpaired) electrons. The van der Waals surface area contributed by atoms with E-state index in [0.29, 0.717) is 18.0 Å². The van der Waals surface area contributed by atoms with Crippen molar-refractivity contribution < 1.29 is 19.7 Å². The number of phenolic OH excluding ortho intramolecular Hbond substituents is 2. The van der Waals surface area contributed by atoms with Crippen LogP contribution in [0.15, 0.2) is 72.8 Å². The molecule has 0 fully saturated rings. The summed E-state index contributed by atoms with van der Waals surface area (Å²) < 4.78 is 7.19. The highest BCUT2D eigenvalue weighted by Crippen LogP contribution is 2.47. The second kappa shape index (κ2) is 9.58. The Bertz CT molecular complexity index is 1260. The van der Waals surface area contributed by atoms with E-state index in [2.05, 4.69) is 5.32 Å². The van der Waals surface area contributed by atoms with Crippen LogP contribution in [-0.2, 0) is 4.79 Å². The molecule has 4 aromatic rings. The quantitative estimate of drug-likeness (QED) is 0.291. The van der Waals surface area contributed by atoms with Crippen LogP contribution in [0.5, 0.6) is 23.0 Å². The third-order valence-electron chi connectivity index (χ3n) is 4.83. The van der Waals surface area contributed by atoms with Crippen LogP contribution in [0.3, 0.4) is 0 Å². The number of nitrogens with one attached hydrogen (secondary N) is 1. The van der Waals surface area contributed by atoms with Crippen LogP contribution in [-0.4, -0.2) is 22.7 Å². The molecule has 0 aliphatic carbocycles. The fourth-order valence-electron chi connectivity index (χ4n) is 3.21. The zero-order valence-electron chi connectivity index (χ0n) is 17.5. The first-order chi connectivity index (χ1) is 15.5. The number of hydrogen-bond acceptors (Lipinski definition) is 5. The van der Waals surface area contributed by atoms with Gasteiger partial charge in [0.15, 0.2) is 5.75 Å². The third-order valence-corrected chi connectivity index (χ3v) is 6.02. The Morgan fingerprint density at radius 2 is 1.72 bits per heavy atom. The number of carbonyl (C=O) groups excluding carboxylic acids is 1. The van der Waals surface area contributed by atoms with Gasteiger partial charge in [-0.1, -0.05) is 19.1 Å². The minimum atomic E-state index is -0.112. The van der Waals surface area contributed by atoms with Crippen molar-refractivity contribution in [2.45, 2.75) is 13.3 Å². The van der Waals surface area contributed by atoms with Gasteiger partial charge < -0.3 is 20.3 Å². The Labute approximate surface area is 190 Å². The van der Waals surface area contributed by atoms with Crippen molar-refractivity contribution in [3.05, 3.63) is 78.4 Å². The van der Waals surface area contributed by atoms with Gasteiger partial charge in [-0.25, -0.2) is 0 Å². The number of aromatic hydroxyl groups is 2. The van der Waals surface area contributed by atoms with Gasteiger partial charge in [0.2, 0.25) is 5.91 Å². The minimum absolute atomic E-state index is 0.112. The standard InChI is InChI=1S/C26H23NO4S/c1-2-15-27-24(30)14-5-17-3-11-21(12-4-17)31-25-22-13-10-20(29)16-23(22)32-26(25)18-6-8-19(28)9-7-18/h3-14,16,28-29H,2,15H2,1H3,(H,27,30)/b14-5+. The lowest BCUT2D eigenvalue weighted by atomic mass is 10.1. The van der Waals surface area contributed by atoms with E-state index < -0.39 is 0 Å². The summed E-state index contributed by atoms with van der Waals surface area (Å²) in [6.45, 7) is 2.67. The molecule has 1 aromatic heterocycles. The normalized spacial score (nSPS) is 11.2. The minimum Gasteiger partial charge on any atom is -0.508 e. The lowest BCUT2D eigenvalue weighted by molar-refractivity contribution is -0.116. The van der Waals surface area contributed by atoms with Gasteiger partial charge in [0.05, 0.1) is 4.88 Å². The number of hydrogen-bond donors (Lipinski definition) is 3. The molecule has 0 saturated carbocycles. The van der Waals surface area contributed by atoms with Crippen LogP contribution in [0.4, 0.5) is 0 Å². The van der Waals surface area contributed by atoms with Crippen LogP contribution in [0.1, 0.15) is 18.9 Å². The number of benzene rings is 3. The van der Waals surface area contributed by atoms with Gasteiger partial charge in [0.25, 0.3) is 0 Å². The van der Waals surface area contributed by atoms with Gasteiger partial charge >= 0.3 is 0 Å². The van der Waals surface area contributed by atoms with E-state index in [1.807, 2.05) is 49.4 Å². The summed E-state index contributed by atoms with van der Waals surface area (Å²) in [4.78, 5) is 12.6. The summed E-state index contributed by atoms with van der Waals surface area (Å²) in [7, 11) is 0. The van der Waals surface area contributed by atoms with Crippen LogP contribution in [0.2, 0.25) is 0 Å². The van der Waals surface area contributed by atoms with Crippen LogP contribution in [0.25, 0.3) is 26.6 Å². The molecule has 1 heterocycles. The third kappa shape index (κ3) is 4.92. The summed E-state index contributed by atoms with van der Waals surface area (Å²) in [5.74, 6) is 1.63. The topological polar surface area (TPSA) is 78.8 Å². The largest absolute Gasteiger partial charge is 0.508 e. The summed E-state index contributed by atoms with van der Waals surface area (Å²) >= 11 is 1.51. The summed E-state index contributed by atoms with van der Waals surface area (Å²) in [6, 6.07) is 19.6. The molecule has 5 nitrogen and oxygen atoms in total. The molecule has 0 unspecified atom stereocenters. The fraction of sp³-hybridized carbons (Fsp3) is 0.115. The molecule has 3 aromatic carbocycles. The Balaban J connectivity index is 1.62. The average molecular weight is 446 g/mol. The predicted molar refractivity (Wildman–Crippen MR) is 129 cm³/mol. The Morgan fingerprint density at radius 3 is 2.44 bits per heavy atom. The molecule has 0 spiro atoms. The van der Waals surface area contributed by atoms with Crippen molar-refractivity contribution in [1.29, 1.82) is 0 Å². The number of amides is 1. The van der Waals surface area contributed by atoms with Crippen molar-refractivity contribution in [3.63, 3.8) is 0 Å². The number of fused-ring (bicyclic) bond motifs is 1. The molecule has 0 aliphatic heterocycles.